The number of fused-ring (bicyclic) bond motifs is 4. The number of benzene rings is 7. The summed E-state index contributed by atoms with van der Waals surface area (Å²) in [4.78, 5) is 84.1. The van der Waals surface area contributed by atoms with E-state index in [-0.39, 0.29) is 114 Å². The molecule has 0 aliphatic carbocycles. The number of ether oxygens (including phenoxy) is 5. The predicted octanol–water partition coefficient (Wildman–Crippen LogP) is 15.9. The predicted molar refractivity (Wildman–Crippen MR) is 568 cm³/mol. The molecule has 3 amide bonds. The largest absolute Gasteiger partial charge is 0.484 e. The van der Waals surface area contributed by atoms with E-state index in [2.05, 4.69) is 257 Å². The lowest BCUT2D eigenvalue weighted by molar-refractivity contribution is -0.119. The highest BCUT2D eigenvalue weighted by Crippen LogP contribution is 2.63. The minimum atomic E-state index is -2.24. The van der Waals surface area contributed by atoms with Gasteiger partial charge in [0, 0.05) is 62.0 Å². The van der Waals surface area contributed by atoms with Gasteiger partial charge in [-0.2, -0.15) is 25.2 Å². The van der Waals surface area contributed by atoms with Crippen LogP contribution >= 0.6 is 25.6 Å². The standard InChI is InChI=1S/C41H45FN7O6PSi.2C33H42FN4O5PSi/c1-3-32-37(55-56-49-23-13-21-31(49)33(54-56)26-57(2,29-17-9-5-10-18-29)30-19-11-6-12-20-30)35(42)40(53-32)48-27-44-36-38(48)46-41(47-39(36)51-24-14-22-43)45-34(50)25-52-28-15-7-4-8-16-28;2*1-5-26-30(29(34)32(41-26)37-20-18-28(36-33(37)40)35-31(39)22(2)3)43-44-38-19-12-17-25(38)27(42-44)21-45(4,23-13-8-6-9-14-23)24-15-10-7-11-16-24/h4-12,15-20,27,31-33,35,37,40H,3,13-14,21,23-26H2,1-2H3,(H,45,46,47,50);2*6-11,13-16,18,20,22,25-27,29-30,32H,5,12,17,19,21H2,1-4H3,(H,35,36,39,40)/t31-,32+,33+,35-,37?,40+,56+;25-,26+,27+,29-,30?,32+,44+;25-,26-,27+,29+,30?,32-,44+/m001/s1. The summed E-state index contributed by atoms with van der Waals surface area (Å²) in [7, 11) is -11.2. The molecule has 21 atom stereocenters. The molecular formula is C107H129F3N15O16P3Si3. The molecular weight excluding hydrogens is 1990 g/mol. The van der Waals surface area contributed by atoms with Crippen molar-refractivity contribution in [3.8, 4) is 17.7 Å². The number of nitrogens with one attached hydrogen (secondary N) is 3. The zero-order valence-corrected chi connectivity index (χ0v) is 89.9. The van der Waals surface area contributed by atoms with Crippen molar-refractivity contribution in [2.45, 2.75) is 261 Å². The van der Waals surface area contributed by atoms with E-state index in [0.717, 1.165) is 85.4 Å². The molecule has 11 aromatic rings. The topological polar surface area (TPSA) is 336 Å². The van der Waals surface area contributed by atoms with Gasteiger partial charge in [-0.05, 0) is 100 Å². The molecule has 147 heavy (non-hydrogen) atoms. The maximum absolute atomic E-state index is 17.0. The van der Waals surface area contributed by atoms with E-state index in [1.54, 1.807) is 52.0 Å². The molecule has 40 heteroatoms. The second kappa shape index (κ2) is 47.8. The third kappa shape index (κ3) is 23.4. The molecule has 20 rings (SSSR count). The summed E-state index contributed by atoms with van der Waals surface area (Å²) in [6.45, 7) is 22.3. The van der Waals surface area contributed by atoms with Gasteiger partial charge in [0.2, 0.25) is 23.6 Å². The Kier molecular flexibility index (Phi) is 34.7. The minimum Gasteiger partial charge on any atom is -0.484 e. The van der Waals surface area contributed by atoms with E-state index in [4.69, 9.17) is 56.1 Å². The third-order valence-corrected chi connectivity index (χ3v) is 48.3. The van der Waals surface area contributed by atoms with Crippen LogP contribution in [0.3, 0.4) is 0 Å². The van der Waals surface area contributed by atoms with Crippen molar-refractivity contribution < 1.29 is 78.4 Å². The summed E-state index contributed by atoms with van der Waals surface area (Å²) in [6.07, 6.45) is -0.878. The van der Waals surface area contributed by atoms with Gasteiger partial charge in [-0.25, -0.2) is 41.8 Å². The number of alkyl halides is 3. The highest BCUT2D eigenvalue weighted by atomic mass is 31.2. The summed E-state index contributed by atoms with van der Waals surface area (Å²) >= 11 is 0. The molecule has 9 fully saturated rings. The summed E-state index contributed by atoms with van der Waals surface area (Å²) in [5, 5.41) is 25.1. The Bertz CT molecular complexity index is 6100. The molecule has 3 unspecified atom stereocenters. The summed E-state index contributed by atoms with van der Waals surface area (Å²) in [5.41, 5.74) is -0.982. The van der Waals surface area contributed by atoms with Gasteiger partial charge in [-0.3, -0.25) is 33.4 Å². The lowest BCUT2D eigenvalue weighted by atomic mass is 10.1. The van der Waals surface area contributed by atoms with Crippen LogP contribution in [-0.4, -0.2) is 219 Å². The van der Waals surface area contributed by atoms with Gasteiger partial charge < -0.3 is 61.5 Å². The van der Waals surface area contributed by atoms with Crippen LogP contribution in [0.4, 0.5) is 30.8 Å². The van der Waals surface area contributed by atoms with Crippen LogP contribution < -0.4 is 67.9 Å². The molecule has 3 N–H and O–H groups in total. The van der Waals surface area contributed by atoms with Crippen molar-refractivity contribution in [1.82, 2.24) is 52.6 Å². The monoisotopic (exact) mass is 2110 g/mol. The van der Waals surface area contributed by atoms with Gasteiger partial charge in [0.1, 0.15) is 66.5 Å². The zero-order valence-electron chi connectivity index (χ0n) is 84.2. The fourth-order valence-corrected chi connectivity index (χ4v) is 39.3. The van der Waals surface area contributed by atoms with E-state index in [1.165, 1.54) is 66.5 Å². The number of anilines is 3. The van der Waals surface area contributed by atoms with Gasteiger partial charge in [0.15, 0.2) is 55.0 Å². The van der Waals surface area contributed by atoms with Gasteiger partial charge in [-0.15, -0.1) is 0 Å². The molecule has 31 nitrogen and oxygen atoms in total. The fraction of sp³-hybridized carbons (Fsp3) is 0.449. The first-order chi connectivity index (χ1) is 71.2. The fourth-order valence-electron chi connectivity index (χ4n) is 21.4. The molecule has 9 aliphatic heterocycles. The van der Waals surface area contributed by atoms with Gasteiger partial charge >= 0.3 is 11.4 Å². The SMILES string of the molecule is CC[C@H]1O[C@@H](n2ccc(NC(=O)C(C)C)nc2=O)[C@@H](F)C1O[P@@]1O[C@H](C[Si](C)(c2ccccc2)c2ccccc2)[C@@H]2CCCN21.CC[C@H]1O[C@@H](n2ccc(NC(=O)C(C)C)nc2=O)[C@@H](F)C1O[P@]1O[C@@H](C[Si](C)(c2ccccc2)c2ccccc2)[C@H]2CCCN21.CC[C@H]1O[C@@H](n2cnc3c(OCCC#N)nc(NC(=O)COc4ccccc4)nc32)[C@@H](F)C1O[P@@]1O[C@H](C[Si](C)(c2ccccc2)c2ccccc2)[C@@H]2CCCN21. The maximum atomic E-state index is 17.0. The van der Waals surface area contributed by atoms with E-state index in [9.17, 15) is 24.0 Å². The lowest BCUT2D eigenvalue weighted by Gasteiger charge is -2.32. The minimum absolute atomic E-state index is 0.0276. The Labute approximate surface area is 861 Å². The molecule has 13 heterocycles. The average molecular weight is 2120 g/mol. The number of aromatic nitrogens is 8. The Morgan fingerprint density at radius 1 is 0.449 bits per heavy atom. The summed E-state index contributed by atoms with van der Waals surface area (Å²) in [5.74, 6) is -0.852. The van der Waals surface area contributed by atoms with E-state index in [1.807, 2.05) is 32.9 Å². The smallest absolute Gasteiger partial charge is 0.351 e. The number of hydrogen-bond donors (Lipinski definition) is 3. The van der Waals surface area contributed by atoms with E-state index >= 15 is 13.2 Å². The molecule has 0 saturated carbocycles. The Morgan fingerprint density at radius 3 is 1.10 bits per heavy atom. The van der Waals surface area contributed by atoms with Crippen molar-refractivity contribution in [2.75, 3.05) is 48.8 Å². The number of hydrogen-bond acceptors (Lipinski definition) is 25. The number of nitriles is 1. The van der Waals surface area contributed by atoms with Gasteiger partial charge in [-0.1, -0.05) is 299 Å². The number of rotatable bonds is 35. The highest BCUT2D eigenvalue weighted by molar-refractivity contribution is 7.45. The molecule has 0 bridgehead atoms. The first-order valence-electron chi connectivity index (χ1n) is 51.2. The van der Waals surface area contributed by atoms with Crippen molar-refractivity contribution in [3.05, 3.63) is 264 Å². The number of carbonyl (C=O) groups excluding carboxylic acids is 3. The number of amides is 3. The first-order valence-corrected chi connectivity index (χ1v) is 62.7. The van der Waals surface area contributed by atoms with Crippen LogP contribution in [0.1, 0.15) is 131 Å². The van der Waals surface area contributed by atoms with Crippen LogP contribution in [0.2, 0.25) is 37.8 Å². The average Bonchev–Trinajstić information content (AvgIpc) is 1.61. The van der Waals surface area contributed by atoms with Crippen molar-refractivity contribution in [3.63, 3.8) is 0 Å². The summed E-state index contributed by atoms with van der Waals surface area (Å²) < 4.78 is 130. The Morgan fingerprint density at radius 2 is 0.782 bits per heavy atom. The number of carbonyl (C=O) groups is 3. The number of halogens is 3. The molecule has 9 aliphatic rings. The Balaban J connectivity index is 0.000000146. The van der Waals surface area contributed by atoms with Gasteiger partial charge in [0.25, 0.3) is 31.5 Å². The number of para-hydroxylation sites is 1. The lowest BCUT2D eigenvalue weighted by Crippen LogP contribution is -2.58. The molecule has 0 radical (unpaired) electrons. The van der Waals surface area contributed by atoms with E-state index in [0.29, 0.717) is 25.0 Å². The van der Waals surface area contributed by atoms with Gasteiger partial charge in [0.05, 0.1) is 55.4 Å². The quantitative estimate of drug-likeness (QED) is 0.0189. The van der Waals surface area contributed by atoms with Crippen LogP contribution in [0.15, 0.2) is 253 Å². The van der Waals surface area contributed by atoms with Crippen molar-refractivity contribution in [1.29, 1.82) is 5.26 Å². The molecule has 776 valence electrons. The highest BCUT2D eigenvalue weighted by Gasteiger charge is 2.59. The number of nitrogens with zero attached hydrogens (tertiary/aromatic N) is 12. The Hall–Kier alpha value is -10.4. The van der Waals surface area contributed by atoms with Crippen LogP contribution in [-0.2, 0) is 55.7 Å². The first kappa shape index (κ1) is 106. The van der Waals surface area contributed by atoms with E-state index < -0.39 is 141 Å². The maximum Gasteiger partial charge on any atom is 0.351 e. The number of imidazole rings is 1. The molecule has 9 saturated heterocycles. The summed E-state index contributed by atoms with van der Waals surface area (Å²) in [6, 6.07) is 81.6. The van der Waals surface area contributed by atoms with Crippen molar-refractivity contribution in [2.24, 2.45) is 11.8 Å². The second-order valence-corrected chi connectivity index (χ2v) is 56.8. The second-order valence-electron chi connectivity index (χ2n) is 39.9. The van der Waals surface area contributed by atoms with Crippen LogP contribution in [0.25, 0.3) is 11.2 Å². The van der Waals surface area contributed by atoms with Crippen molar-refractivity contribution >= 4 is 127 Å². The normalized spacial score (nSPS) is 27.0. The third-order valence-electron chi connectivity index (χ3n) is 29.6. The molecule has 7 aromatic carbocycles. The molecule has 4 aromatic heterocycles. The molecule has 0 spiro atoms. The zero-order chi connectivity index (χ0) is 103. The van der Waals surface area contributed by atoms with Crippen LogP contribution in [0, 0.1) is 23.2 Å². The van der Waals surface area contributed by atoms with Crippen LogP contribution in [0.5, 0.6) is 11.6 Å².